The molecule has 0 fully saturated rings. The fourth-order valence-electron chi connectivity index (χ4n) is 1.71. The molecule has 0 aromatic heterocycles. The molecule has 2 N–H and O–H groups in total. The van der Waals surface area contributed by atoms with E-state index in [1.165, 1.54) is 0 Å². The van der Waals surface area contributed by atoms with Crippen molar-refractivity contribution in [1.82, 2.24) is 5.32 Å². The quantitative estimate of drug-likeness (QED) is 0.896. The van der Waals surface area contributed by atoms with Gasteiger partial charge >= 0.3 is 5.97 Å². The topological polar surface area (TPSA) is 66.4 Å². The lowest BCUT2D eigenvalue weighted by atomic mass is 9.86. The van der Waals surface area contributed by atoms with E-state index < -0.39 is 17.4 Å². The number of amides is 1. The van der Waals surface area contributed by atoms with Gasteiger partial charge in [0.25, 0.3) is 5.91 Å². The summed E-state index contributed by atoms with van der Waals surface area (Å²) in [6.45, 7) is 7.14. The molecule has 0 spiro atoms. The van der Waals surface area contributed by atoms with Crippen molar-refractivity contribution in [1.29, 1.82) is 0 Å². The maximum Gasteiger partial charge on any atom is 0.326 e. The molecule has 0 unspecified atom stereocenters. The van der Waals surface area contributed by atoms with Crippen molar-refractivity contribution < 1.29 is 14.7 Å². The van der Waals surface area contributed by atoms with Gasteiger partial charge < -0.3 is 10.4 Å². The summed E-state index contributed by atoms with van der Waals surface area (Å²) >= 11 is 3.35. The summed E-state index contributed by atoms with van der Waals surface area (Å²) < 4.78 is 0.822. The molecule has 0 aliphatic carbocycles. The lowest BCUT2D eigenvalue weighted by Gasteiger charge is -2.28. The third-order valence-corrected chi connectivity index (χ3v) is 3.76. The molecular weight excluding hydrogens is 310 g/mol. The molecule has 104 valence electrons. The highest BCUT2D eigenvalue weighted by atomic mass is 79.9. The van der Waals surface area contributed by atoms with Gasteiger partial charge in [0.1, 0.15) is 6.04 Å². The Labute approximate surface area is 121 Å². The standard InChI is InChI=1S/C14H18BrNO3/c1-8-9(6-5-7-10(8)15)12(17)16-11(13(18)19)14(2,3)4/h5-7,11H,1-4H3,(H,16,17)(H,18,19)/t11-/m1/s1. The summed E-state index contributed by atoms with van der Waals surface area (Å²) in [7, 11) is 0. The predicted molar refractivity (Wildman–Crippen MR) is 77.2 cm³/mol. The Bertz CT molecular complexity index is 506. The van der Waals surface area contributed by atoms with Crippen molar-refractivity contribution >= 4 is 27.8 Å². The van der Waals surface area contributed by atoms with Crippen LogP contribution in [0.1, 0.15) is 36.7 Å². The van der Waals surface area contributed by atoms with Gasteiger partial charge in [-0.2, -0.15) is 0 Å². The van der Waals surface area contributed by atoms with Crippen LogP contribution in [0.3, 0.4) is 0 Å². The molecule has 1 aromatic rings. The smallest absolute Gasteiger partial charge is 0.326 e. The highest BCUT2D eigenvalue weighted by Gasteiger charge is 2.33. The number of carbonyl (C=O) groups is 2. The second-order valence-corrected chi connectivity index (χ2v) is 6.38. The van der Waals surface area contributed by atoms with E-state index >= 15 is 0 Å². The molecule has 0 bridgehead atoms. The zero-order valence-corrected chi connectivity index (χ0v) is 13.0. The molecule has 4 nitrogen and oxygen atoms in total. The Hall–Kier alpha value is -1.36. The minimum Gasteiger partial charge on any atom is -0.480 e. The molecular formula is C14H18BrNO3. The van der Waals surface area contributed by atoms with E-state index in [1.807, 2.05) is 13.0 Å². The predicted octanol–water partition coefficient (Wildman–Crippen LogP) is 2.99. The van der Waals surface area contributed by atoms with E-state index in [2.05, 4.69) is 21.2 Å². The van der Waals surface area contributed by atoms with Crippen molar-refractivity contribution in [2.45, 2.75) is 33.7 Å². The van der Waals surface area contributed by atoms with Crippen molar-refractivity contribution in [3.63, 3.8) is 0 Å². The van der Waals surface area contributed by atoms with E-state index in [4.69, 9.17) is 0 Å². The summed E-state index contributed by atoms with van der Waals surface area (Å²) in [5.41, 5.74) is 0.712. The van der Waals surface area contributed by atoms with Crippen LogP contribution in [0.2, 0.25) is 0 Å². The van der Waals surface area contributed by atoms with Crippen molar-refractivity contribution in [2.24, 2.45) is 5.41 Å². The molecule has 1 atom stereocenters. The molecule has 0 radical (unpaired) electrons. The molecule has 1 amide bonds. The SMILES string of the molecule is Cc1c(Br)cccc1C(=O)N[C@H](C(=O)O)C(C)(C)C. The van der Waals surface area contributed by atoms with Crippen molar-refractivity contribution in [2.75, 3.05) is 0 Å². The van der Waals surface area contributed by atoms with Crippen LogP contribution < -0.4 is 5.32 Å². The molecule has 0 saturated carbocycles. The normalized spacial score (nSPS) is 12.9. The van der Waals surface area contributed by atoms with Crippen LogP contribution in [0.15, 0.2) is 22.7 Å². The minimum atomic E-state index is -1.03. The van der Waals surface area contributed by atoms with Crippen LogP contribution in [0.5, 0.6) is 0 Å². The average Bonchev–Trinajstić information content (AvgIpc) is 2.27. The van der Waals surface area contributed by atoms with Gasteiger partial charge in [0, 0.05) is 10.0 Å². The lowest BCUT2D eigenvalue weighted by molar-refractivity contribution is -0.142. The molecule has 19 heavy (non-hydrogen) atoms. The summed E-state index contributed by atoms with van der Waals surface area (Å²) in [4.78, 5) is 23.4. The highest BCUT2D eigenvalue weighted by molar-refractivity contribution is 9.10. The van der Waals surface area contributed by atoms with Crippen LogP contribution in [0.25, 0.3) is 0 Å². The number of carboxylic acid groups (broad SMARTS) is 1. The zero-order valence-electron chi connectivity index (χ0n) is 11.5. The number of hydrogen-bond donors (Lipinski definition) is 2. The van der Waals surface area contributed by atoms with Gasteiger partial charge in [0.05, 0.1) is 0 Å². The number of hydrogen-bond acceptors (Lipinski definition) is 2. The maximum absolute atomic E-state index is 12.2. The number of benzene rings is 1. The third-order valence-electron chi connectivity index (χ3n) is 2.90. The Kier molecular flexibility index (Phi) is 4.74. The number of rotatable bonds is 3. The Morgan fingerprint density at radius 2 is 1.89 bits per heavy atom. The number of carbonyl (C=O) groups excluding carboxylic acids is 1. The van der Waals surface area contributed by atoms with Gasteiger partial charge in [-0.1, -0.05) is 42.8 Å². The minimum absolute atomic E-state index is 0.374. The fourth-order valence-corrected chi connectivity index (χ4v) is 2.08. The van der Waals surface area contributed by atoms with Crippen LogP contribution in [0.4, 0.5) is 0 Å². The molecule has 0 saturated heterocycles. The van der Waals surface area contributed by atoms with E-state index in [0.29, 0.717) is 5.56 Å². The Morgan fingerprint density at radius 3 is 2.37 bits per heavy atom. The van der Waals surface area contributed by atoms with E-state index in [9.17, 15) is 14.7 Å². The van der Waals surface area contributed by atoms with Crippen LogP contribution in [-0.4, -0.2) is 23.0 Å². The second kappa shape index (κ2) is 5.74. The first-order chi connectivity index (χ1) is 8.64. The second-order valence-electron chi connectivity index (χ2n) is 5.52. The van der Waals surface area contributed by atoms with Gasteiger partial charge in [-0.25, -0.2) is 4.79 Å². The van der Waals surface area contributed by atoms with Gasteiger partial charge in [0.2, 0.25) is 0 Å². The average molecular weight is 328 g/mol. The highest BCUT2D eigenvalue weighted by Crippen LogP contribution is 2.22. The van der Waals surface area contributed by atoms with E-state index in [1.54, 1.807) is 32.9 Å². The summed E-state index contributed by atoms with van der Waals surface area (Å²) in [5, 5.41) is 11.8. The first-order valence-electron chi connectivity index (χ1n) is 5.93. The van der Waals surface area contributed by atoms with Crippen LogP contribution >= 0.6 is 15.9 Å². The van der Waals surface area contributed by atoms with Crippen LogP contribution in [-0.2, 0) is 4.79 Å². The molecule has 5 heteroatoms. The summed E-state index contributed by atoms with van der Waals surface area (Å²) in [5.74, 6) is -1.41. The molecule has 1 rings (SSSR count). The summed E-state index contributed by atoms with van der Waals surface area (Å²) in [6, 6.07) is 4.33. The zero-order chi connectivity index (χ0) is 14.8. The fraction of sp³-hybridized carbons (Fsp3) is 0.429. The van der Waals surface area contributed by atoms with Crippen molar-refractivity contribution in [3.05, 3.63) is 33.8 Å². The number of nitrogens with one attached hydrogen (secondary N) is 1. The van der Waals surface area contributed by atoms with Gasteiger partial charge in [-0.3, -0.25) is 4.79 Å². The van der Waals surface area contributed by atoms with Crippen molar-refractivity contribution in [3.8, 4) is 0 Å². The van der Waals surface area contributed by atoms with E-state index in [0.717, 1.165) is 10.0 Å². The molecule has 0 aliphatic rings. The van der Waals surface area contributed by atoms with Gasteiger partial charge in [-0.15, -0.1) is 0 Å². The maximum atomic E-state index is 12.2. The Morgan fingerprint density at radius 1 is 1.32 bits per heavy atom. The first-order valence-corrected chi connectivity index (χ1v) is 6.72. The Balaban J connectivity index is 3.02. The third kappa shape index (κ3) is 3.80. The molecule has 0 aliphatic heterocycles. The lowest BCUT2D eigenvalue weighted by Crippen LogP contribution is -2.49. The van der Waals surface area contributed by atoms with Gasteiger partial charge in [0.15, 0.2) is 0 Å². The number of halogens is 1. The summed E-state index contributed by atoms with van der Waals surface area (Å²) in [6.07, 6.45) is 0. The largest absolute Gasteiger partial charge is 0.480 e. The first kappa shape index (κ1) is 15.7. The van der Waals surface area contributed by atoms with Gasteiger partial charge in [-0.05, 0) is 30.0 Å². The number of aliphatic carboxylic acids is 1. The van der Waals surface area contributed by atoms with Crippen LogP contribution in [0, 0.1) is 12.3 Å². The number of carboxylic acids is 1. The molecule has 0 heterocycles. The molecule has 1 aromatic carbocycles. The van der Waals surface area contributed by atoms with E-state index in [-0.39, 0.29) is 5.91 Å². The monoisotopic (exact) mass is 327 g/mol.